The minimum absolute atomic E-state index is 0. The maximum Gasteiger partial charge on any atom is 0.216 e. The first-order valence-corrected chi connectivity index (χ1v) is 7.70. The third-order valence-corrected chi connectivity index (χ3v) is 3.89. The summed E-state index contributed by atoms with van der Waals surface area (Å²) in [5.74, 6) is 3.39. The Bertz CT molecular complexity index is 642. The highest BCUT2D eigenvalue weighted by molar-refractivity contribution is 14.0. The second-order valence-electron chi connectivity index (χ2n) is 5.54. The lowest BCUT2D eigenvalue weighted by molar-refractivity contribution is 0.157. The number of methoxy groups -OCH3 is 1. The molecule has 0 radical (unpaired) electrons. The van der Waals surface area contributed by atoms with E-state index in [1.54, 1.807) is 20.4 Å². The van der Waals surface area contributed by atoms with Crippen molar-refractivity contribution in [2.45, 2.75) is 13.0 Å². The third-order valence-electron chi connectivity index (χ3n) is 3.89. The van der Waals surface area contributed by atoms with Crippen LogP contribution >= 0.6 is 24.0 Å². The molecule has 2 N–H and O–H groups in total. The van der Waals surface area contributed by atoms with E-state index < -0.39 is 0 Å². The lowest BCUT2D eigenvalue weighted by Gasteiger charge is -2.21. The number of H-pyrrole nitrogens is 1. The van der Waals surface area contributed by atoms with Crippen LogP contribution in [0.4, 0.5) is 0 Å². The normalized spacial score (nSPS) is 17.8. The summed E-state index contributed by atoms with van der Waals surface area (Å²) in [6, 6.07) is 3.65. The summed E-state index contributed by atoms with van der Waals surface area (Å²) in [6.45, 7) is 3.28. The number of halogens is 1. The Balaban J connectivity index is 0.00000208. The predicted molar refractivity (Wildman–Crippen MR) is 101 cm³/mol. The van der Waals surface area contributed by atoms with Gasteiger partial charge in [0, 0.05) is 33.2 Å². The average Bonchev–Trinajstić information content (AvgIpc) is 3.30. The first-order valence-electron chi connectivity index (χ1n) is 7.70. The molecule has 1 aliphatic heterocycles. The van der Waals surface area contributed by atoms with Crippen LogP contribution in [0.3, 0.4) is 0 Å². The van der Waals surface area contributed by atoms with Crippen LogP contribution in [0, 0.1) is 5.92 Å². The monoisotopic (exact) mass is 446 g/mol. The van der Waals surface area contributed by atoms with Gasteiger partial charge in [0.05, 0.1) is 19.4 Å². The molecule has 0 amide bonds. The van der Waals surface area contributed by atoms with E-state index in [2.05, 4.69) is 30.4 Å². The maximum atomic E-state index is 5.29. The third kappa shape index (κ3) is 4.47. The Labute approximate surface area is 158 Å². The number of aromatic nitrogens is 3. The molecular formula is C15H23IN6O2. The maximum absolute atomic E-state index is 5.29. The zero-order valence-corrected chi connectivity index (χ0v) is 16.2. The van der Waals surface area contributed by atoms with Crippen LogP contribution in [0.2, 0.25) is 0 Å². The summed E-state index contributed by atoms with van der Waals surface area (Å²) in [7, 11) is 3.54. The minimum atomic E-state index is 0. The number of rotatable bonds is 5. The number of aromatic amines is 1. The van der Waals surface area contributed by atoms with Gasteiger partial charge in [-0.2, -0.15) is 0 Å². The van der Waals surface area contributed by atoms with Crippen LogP contribution in [-0.2, 0) is 11.3 Å². The zero-order chi connectivity index (χ0) is 16.1. The number of ether oxygens (including phenoxy) is 1. The van der Waals surface area contributed by atoms with Crippen molar-refractivity contribution in [3.63, 3.8) is 0 Å². The van der Waals surface area contributed by atoms with E-state index in [0.29, 0.717) is 24.0 Å². The van der Waals surface area contributed by atoms with E-state index in [0.717, 1.165) is 37.9 Å². The highest BCUT2D eigenvalue weighted by Gasteiger charge is 2.24. The first-order chi connectivity index (χ1) is 11.3. The molecule has 1 fully saturated rings. The van der Waals surface area contributed by atoms with Gasteiger partial charge in [-0.1, -0.05) is 0 Å². The van der Waals surface area contributed by atoms with E-state index >= 15 is 0 Å². The Morgan fingerprint density at radius 2 is 2.46 bits per heavy atom. The van der Waals surface area contributed by atoms with Gasteiger partial charge in [0.2, 0.25) is 5.82 Å². The van der Waals surface area contributed by atoms with Crippen molar-refractivity contribution in [3.05, 3.63) is 24.2 Å². The molecule has 24 heavy (non-hydrogen) atoms. The van der Waals surface area contributed by atoms with E-state index in [9.17, 15) is 0 Å². The molecule has 132 valence electrons. The van der Waals surface area contributed by atoms with E-state index in [-0.39, 0.29) is 24.0 Å². The van der Waals surface area contributed by atoms with Crippen LogP contribution in [0.1, 0.15) is 12.2 Å². The fraction of sp³-hybridized carbons (Fsp3) is 0.533. The Kier molecular flexibility index (Phi) is 7.03. The van der Waals surface area contributed by atoms with Crippen molar-refractivity contribution >= 4 is 29.9 Å². The summed E-state index contributed by atoms with van der Waals surface area (Å²) in [5.41, 5.74) is 0. The molecule has 1 aliphatic rings. The smallest absolute Gasteiger partial charge is 0.216 e. The van der Waals surface area contributed by atoms with Crippen LogP contribution in [0.25, 0.3) is 11.6 Å². The number of nitrogens with zero attached hydrogens (tertiary/aromatic N) is 4. The first kappa shape index (κ1) is 18.7. The minimum Gasteiger partial charge on any atom is -0.461 e. The standard InChI is InChI=1S/C15H22N6O2.HI/c1-16-15(21-6-5-11(9-21)10-22-2)17-8-13-18-14(20-19-13)12-4-3-7-23-12;/h3-4,7,11H,5-6,8-10H2,1-2H3,(H,16,17)(H,18,19,20);1H. The van der Waals surface area contributed by atoms with E-state index in [1.807, 2.05) is 12.1 Å². The summed E-state index contributed by atoms with van der Waals surface area (Å²) in [5, 5.41) is 10.4. The summed E-state index contributed by atoms with van der Waals surface area (Å²) >= 11 is 0. The van der Waals surface area contributed by atoms with Crippen LogP contribution < -0.4 is 5.32 Å². The van der Waals surface area contributed by atoms with Gasteiger partial charge in [-0.15, -0.1) is 29.1 Å². The number of aliphatic imine (C=N–C) groups is 1. The quantitative estimate of drug-likeness (QED) is 0.413. The number of likely N-dealkylation sites (tertiary alicyclic amines) is 1. The van der Waals surface area contributed by atoms with Gasteiger partial charge in [-0.25, -0.2) is 4.98 Å². The second-order valence-corrected chi connectivity index (χ2v) is 5.54. The summed E-state index contributed by atoms with van der Waals surface area (Å²) < 4.78 is 10.5. The van der Waals surface area contributed by atoms with Gasteiger partial charge in [0.1, 0.15) is 5.82 Å². The second kappa shape index (κ2) is 9.02. The van der Waals surface area contributed by atoms with Gasteiger partial charge in [-0.05, 0) is 18.6 Å². The molecule has 1 unspecified atom stereocenters. The molecule has 1 atom stereocenters. The van der Waals surface area contributed by atoms with Crippen LogP contribution in [-0.4, -0.2) is 59.9 Å². The van der Waals surface area contributed by atoms with Crippen molar-refractivity contribution in [2.75, 3.05) is 33.9 Å². The SMILES string of the molecule is CN=C(NCc1nc(-c2ccco2)n[nH]1)N1CCC(COC)C1.I. The molecule has 0 aliphatic carbocycles. The molecule has 0 saturated carbocycles. The van der Waals surface area contributed by atoms with Crippen LogP contribution in [0.15, 0.2) is 27.8 Å². The Morgan fingerprint density at radius 3 is 3.17 bits per heavy atom. The molecule has 0 aromatic carbocycles. The fourth-order valence-corrected chi connectivity index (χ4v) is 2.78. The fourth-order valence-electron chi connectivity index (χ4n) is 2.78. The molecule has 9 heteroatoms. The Hall–Kier alpha value is -1.62. The summed E-state index contributed by atoms with van der Waals surface area (Å²) in [6.07, 6.45) is 2.73. The molecule has 8 nitrogen and oxygen atoms in total. The average molecular weight is 446 g/mol. The topological polar surface area (TPSA) is 91.6 Å². The van der Waals surface area contributed by atoms with E-state index in [4.69, 9.17) is 9.15 Å². The lowest BCUT2D eigenvalue weighted by atomic mass is 10.1. The molecule has 0 spiro atoms. The molecule has 2 aromatic rings. The largest absolute Gasteiger partial charge is 0.461 e. The molecular weight excluding hydrogens is 423 g/mol. The van der Waals surface area contributed by atoms with Gasteiger partial charge < -0.3 is 19.4 Å². The van der Waals surface area contributed by atoms with Crippen molar-refractivity contribution in [2.24, 2.45) is 10.9 Å². The van der Waals surface area contributed by atoms with Crippen molar-refractivity contribution in [1.29, 1.82) is 0 Å². The van der Waals surface area contributed by atoms with Crippen molar-refractivity contribution < 1.29 is 9.15 Å². The number of hydrogen-bond donors (Lipinski definition) is 2. The van der Waals surface area contributed by atoms with Gasteiger partial charge in [0.15, 0.2) is 11.7 Å². The van der Waals surface area contributed by atoms with Gasteiger partial charge in [0.25, 0.3) is 0 Å². The molecule has 3 heterocycles. The number of guanidine groups is 1. The molecule has 3 rings (SSSR count). The molecule has 1 saturated heterocycles. The lowest BCUT2D eigenvalue weighted by Crippen LogP contribution is -2.40. The number of hydrogen-bond acceptors (Lipinski definition) is 5. The highest BCUT2D eigenvalue weighted by atomic mass is 127. The van der Waals surface area contributed by atoms with Crippen molar-refractivity contribution in [3.8, 4) is 11.6 Å². The van der Waals surface area contributed by atoms with Gasteiger partial charge >= 0.3 is 0 Å². The molecule has 2 aromatic heterocycles. The highest BCUT2D eigenvalue weighted by Crippen LogP contribution is 2.17. The zero-order valence-electron chi connectivity index (χ0n) is 13.9. The number of furan rings is 1. The molecule has 0 bridgehead atoms. The summed E-state index contributed by atoms with van der Waals surface area (Å²) in [4.78, 5) is 11.0. The Morgan fingerprint density at radius 1 is 1.58 bits per heavy atom. The predicted octanol–water partition coefficient (Wildman–Crippen LogP) is 1.73. The number of nitrogens with one attached hydrogen (secondary N) is 2. The van der Waals surface area contributed by atoms with Crippen LogP contribution in [0.5, 0.6) is 0 Å². The van der Waals surface area contributed by atoms with Crippen molar-refractivity contribution in [1.82, 2.24) is 25.4 Å². The van der Waals surface area contributed by atoms with E-state index in [1.165, 1.54) is 0 Å². The van der Waals surface area contributed by atoms with Gasteiger partial charge in [-0.3, -0.25) is 10.1 Å².